The van der Waals surface area contributed by atoms with Crippen LogP contribution in [0.4, 0.5) is 0 Å². The fourth-order valence-electron chi connectivity index (χ4n) is 1.10. The molecule has 1 heterocycles. The first-order valence-electron chi connectivity index (χ1n) is 4.38. The van der Waals surface area contributed by atoms with Crippen LogP contribution in [0, 0.1) is 0 Å². The lowest BCUT2D eigenvalue weighted by Crippen LogP contribution is -2.33. The van der Waals surface area contributed by atoms with Crippen molar-refractivity contribution in [1.82, 2.24) is 4.31 Å². The summed E-state index contributed by atoms with van der Waals surface area (Å²) in [5, 5.41) is 10.5. The summed E-state index contributed by atoms with van der Waals surface area (Å²) in [6.07, 6.45) is 1.50. The highest BCUT2D eigenvalue weighted by molar-refractivity contribution is 7.91. The topological polar surface area (TPSA) is 57.6 Å². The van der Waals surface area contributed by atoms with Crippen molar-refractivity contribution in [3.8, 4) is 0 Å². The van der Waals surface area contributed by atoms with Gasteiger partial charge in [-0.3, -0.25) is 0 Å². The van der Waals surface area contributed by atoms with E-state index in [4.69, 9.17) is 5.11 Å². The average molecular weight is 247 g/mol. The van der Waals surface area contributed by atoms with Crippen molar-refractivity contribution >= 4 is 21.4 Å². The fraction of sp³-hybridized carbons (Fsp3) is 0.333. The van der Waals surface area contributed by atoms with Gasteiger partial charge >= 0.3 is 0 Å². The molecule has 0 amide bonds. The number of thiophene rings is 1. The summed E-state index contributed by atoms with van der Waals surface area (Å²) in [6, 6.07) is 3.23. The quantitative estimate of drug-likeness (QED) is 0.760. The molecule has 0 aliphatic carbocycles. The van der Waals surface area contributed by atoms with E-state index in [-0.39, 0.29) is 23.9 Å². The highest BCUT2D eigenvalue weighted by Crippen LogP contribution is 2.20. The van der Waals surface area contributed by atoms with Crippen LogP contribution in [0.5, 0.6) is 0 Å². The Morgan fingerprint density at radius 1 is 1.60 bits per heavy atom. The van der Waals surface area contributed by atoms with Gasteiger partial charge in [0, 0.05) is 13.1 Å². The molecule has 4 nitrogen and oxygen atoms in total. The van der Waals surface area contributed by atoms with Gasteiger partial charge in [-0.25, -0.2) is 8.42 Å². The predicted molar refractivity (Wildman–Crippen MR) is 60.4 cm³/mol. The first kappa shape index (κ1) is 12.4. The zero-order valence-electron chi connectivity index (χ0n) is 8.17. The molecular formula is C9H13NO3S2. The molecule has 0 saturated heterocycles. The third-order valence-corrected chi connectivity index (χ3v) is 5.01. The van der Waals surface area contributed by atoms with Crippen LogP contribution in [0.2, 0.25) is 0 Å². The van der Waals surface area contributed by atoms with E-state index in [0.717, 1.165) is 11.3 Å². The van der Waals surface area contributed by atoms with Crippen molar-refractivity contribution in [2.24, 2.45) is 0 Å². The molecule has 0 radical (unpaired) electrons. The van der Waals surface area contributed by atoms with Crippen molar-refractivity contribution in [2.75, 3.05) is 19.7 Å². The van der Waals surface area contributed by atoms with Crippen LogP contribution in [0.3, 0.4) is 0 Å². The molecule has 0 atom stereocenters. The van der Waals surface area contributed by atoms with Crippen LogP contribution in [-0.4, -0.2) is 37.5 Å². The Balaban J connectivity index is 2.96. The van der Waals surface area contributed by atoms with Gasteiger partial charge in [0.15, 0.2) is 0 Å². The van der Waals surface area contributed by atoms with Crippen LogP contribution in [0.15, 0.2) is 34.4 Å². The minimum absolute atomic E-state index is 0.0895. The van der Waals surface area contributed by atoms with Crippen molar-refractivity contribution in [3.05, 3.63) is 30.2 Å². The van der Waals surface area contributed by atoms with Gasteiger partial charge < -0.3 is 5.11 Å². The molecule has 0 fully saturated rings. The maximum Gasteiger partial charge on any atom is 0.252 e. The summed E-state index contributed by atoms with van der Waals surface area (Å²) >= 11 is 1.16. The number of nitrogens with zero attached hydrogens (tertiary/aromatic N) is 1. The minimum atomic E-state index is -3.46. The van der Waals surface area contributed by atoms with Gasteiger partial charge in [-0.05, 0) is 11.4 Å². The predicted octanol–water partition coefficient (Wildman–Crippen LogP) is 0.917. The summed E-state index contributed by atoms with van der Waals surface area (Å²) in [5.41, 5.74) is 0. The molecule has 84 valence electrons. The van der Waals surface area contributed by atoms with Gasteiger partial charge in [0.1, 0.15) is 4.21 Å². The van der Waals surface area contributed by atoms with Gasteiger partial charge in [-0.2, -0.15) is 4.31 Å². The summed E-state index contributed by atoms with van der Waals surface area (Å²) in [7, 11) is -3.46. The van der Waals surface area contributed by atoms with E-state index in [2.05, 4.69) is 6.58 Å². The number of aliphatic hydroxyl groups excluding tert-OH is 1. The first-order chi connectivity index (χ1) is 7.12. The lowest BCUT2D eigenvalue weighted by Gasteiger charge is -2.18. The fourth-order valence-corrected chi connectivity index (χ4v) is 3.65. The van der Waals surface area contributed by atoms with Gasteiger partial charge in [-0.1, -0.05) is 12.1 Å². The molecule has 0 unspecified atom stereocenters. The smallest absolute Gasteiger partial charge is 0.252 e. The molecule has 15 heavy (non-hydrogen) atoms. The summed E-state index contributed by atoms with van der Waals surface area (Å²) < 4.78 is 25.4. The Labute approximate surface area is 93.5 Å². The van der Waals surface area contributed by atoms with E-state index < -0.39 is 10.0 Å². The average Bonchev–Trinajstić information content (AvgIpc) is 2.70. The Morgan fingerprint density at radius 2 is 2.33 bits per heavy atom. The van der Waals surface area contributed by atoms with Crippen LogP contribution < -0.4 is 0 Å². The Bertz CT molecular complexity index is 397. The minimum Gasteiger partial charge on any atom is -0.395 e. The molecule has 0 bridgehead atoms. The molecule has 0 aliphatic heterocycles. The second-order valence-electron chi connectivity index (χ2n) is 2.81. The summed E-state index contributed by atoms with van der Waals surface area (Å²) in [4.78, 5) is 0. The molecule has 0 aliphatic rings. The summed E-state index contributed by atoms with van der Waals surface area (Å²) in [6.45, 7) is 3.60. The van der Waals surface area contributed by atoms with Crippen molar-refractivity contribution in [1.29, 1.82) is 0 Å². The van der Waals surface area contributed by atoms with E-state index in [1.165, 1.54) is 10.4 Å². The largest absolute Gasteiger partial charge is 0.395 e. The van der Waals surface area contributed by atoms with Crippen molar-refractivity contribution in [3.63, 3.8) is 0 Å². The maximum atomic E-state index is 12.0. The van der Waals surface area contributed by atoms with E-state index >= 15 is 0 Å². The molecule has 0 spiro atoms. The van der Waals surface area contributed by atoms with E-state index in [1.54, 1.807) is 17.5 Å². The lowest BCUT2D eigenvalue weighted by molar-refractivity contribution is 0.260. The molecule has 1 N–H and O–H groups in total. The molecule has 1 aromatic heterocycles. The maximum absolute atomic E-state index is 12.0. The molecule has 0 saturated carbocycles. The molecule has 1 rings (SSSR count). The number of rotatable bonds is 6. The first-order valence-corrected chi connectivity index (χ1v) is 6.70. The van der Waals surface area contributed by atoms with Crippen molar-refractivity contribution in [2.45, 2.75) is 4.21 Å². The third-order valence-electron chi connectivity index (χ3n) is 1.77. The standard InChI is InChI=1S/C9H13NO3S2/c1-2-5-10(6-7-11)15(12,13)9-4-3-8-14-9/h2-4,8,11H,1,5-7H2. The van der Waals surface area contributed by atoms with Crippen LogP contribution >= 0.6 is 11.3 Å². The molecule has 0 aromatic carbocycles. The molecular weight excluding hydrogens is 234 g/mol. The van der Waals surface area contributed by atoms with Gasteiger partial charge in [0.25, 0.3) is 10.0 Å². The van der Waals surface area contributed by atoms with Gasteiger partial charge in [-0.15, -0.1) is 17.9 Å². The van der Waals surface area contributed by atoms with Gasteiger partial charge in [0.2, 0.25) is 0 Å². The number of hydrogen-bond donors (Lipinski definition) is 1. The SMILES string of the molecule is C=CCN(CCO)S(=O)(=O)c1cccs1. The van der Waals surface area contributed by atoms with Gasteiger partial charge in [0.05, 0.1) is 6.61 Å². The zero-order chi connectivity index (χ0) is 11.3. The van der Waals surface area contributed by atoms with E-state index in [0.29, 0.717) is 0 Å². The third kappa shape index (κ3) is 2.88. The van der Waals surface area contributed by atoms with Crippen molar-refractivity contribution < 1.29 is 13.5 Å². The van der Waals surface area contributed by atoms with Crippen LogP contribution in [-0.2, 0) is 10.0 Å². The number of hydrogen-bond acceptors (Lipinski definition) is 4. The Kier molecular flexibility index (Phi) is 4.46. The number of aliphatic hydroxyl groups is 1. The van der Waals surface area contributed by atoms with Crippen LogP contribution in [0.1, 0.15) is 0 Å². The van der Waals surface area contributed by atoms with E-state index in [9.17, 15) is 8.42 Å². The Hall–Kier alpha value is -0.690. The zero-order valence-corrected chi connectivity index (χ0v) is 9.80. The number of sulfonamides is 1. The second-order valence-corrected chi connectivity index (χ2v) is 5.92. The normalized spacial score (nSPS) is 11.9. The highest BCUT2D eigenvalue weighted by atomic mass is 32.2. The monoisotopic (exact) mass is 247 g/mol. The molecule has 6 heteroatoms. The van der Waals surface area contributed by atoms with E-state index in [1.807, 2.05) is 0 Å². The Morgan fingerprint density at radius 3 is 2.80 bits per heavy atom. The van der Waals surface area contributed by atoms with Crippen LogP contribution in [0.25, 0.3) is 0 Å². The summed E-state index contributed by atoms with van der Waals surface area (Å²) in [5.74, 6) is 0. The highest BCUT2D eigenvalue weighted by Gasteiger charge is 2.23. The second kappa shape index (κ2) is 5.41. The lowest BCUT2D eigenvalue weighted by atomic mass is 10.6. The molecule has 1 aromatic rings.